The van der Waals surface area contributed by atoms with Gasteiger partial charge in [-0.1, -0.05) is 164 Å². The van der Waals surface area contributed by atoms with Crippen molar-refractivity contribution in [3.05, 3.63) is 206 Å². The van der Waals surface area contributed by atoms with E-state index in [0.717, 1.165) is 27.9 Å². The largest absolute Gasteiger partial charge is 0.375 e. The van der Waals surface area contributed by atoms with E-state index in [2.05, 4.69) is 180 Å². The summed E-state index contributed by atoms with van der Waals surface area (Å²) in [6.45, 7) is 2.28. The summed E-state index contributed by atoms with van der Waals surface area (Å²) in [5, 5.41) is 5.13. The minimum absolute atomic E-state index is 0.0376. The molecule has 0 saturated carbocycles. The van der Waals surface area contributed by atoms with Crippen LogP contribution in [0.4, 0.5) is 17.1 Å². The first kappa shape index (κ1) is 34.7. The molecule has 2 aliphatic heterocycles. The Morgan fingerprint density at radius 3 is 1.81 bits per heavy atom. The summed E-state index contributed by atoms with van der Waals surface area (Å²) in [7, 11) is 0. The molecule has 0 saturated heterocycles. The van der Waals surface area contributed by atoms with Crippen molar-refractivity contribution in [2.24, 2.45) is 0 Å². The second kappa shape index (κ2) is 13.5. The van der Waals surface area contributed by atoms with Crippen LogP contribution < -0.4 is 15.8 Å². The zero-order chi connectivity index (χ0) is 40.9. The fourth-order valence-electron chi connectivity index (χ4n) is 10.3. The number of benzene rings is 9. The fourth-order valence-corrected chi connectivity index (χ4v) is 10.3. The third-order valence-corrected chi connectivity index (χ3v) is 13.0. The average molecular weight is 790 g/mol. The van der Waals surface area contributed by atoms with Gasteiger partial charge in [-0.05, 0) is 87.3 Å². The maximum atomic E-state index is 5.12. The number of rotatable bonds is 5. The zero-order valence-corrected chi connectivity index (χ0v) is 33.9. The van der Waals surface area contributed by atoms with Crippen molar-refractivity contribution in [3.8, 4) is 56.4 Å². The highest BCUT2D eigenvalue weighted by Crippen LogP contribution is 2.49. The maximum Gasteiger partial charge on any atom is 0.333 e. The van der Waals surface area contributed by atoms with Crippen molar-refractivity contribution >= 4 is 67.4 Å². The Bertz CT molecular complexity index is 3540. The predicted molar refractivity (Wildman–Crippen MR) is 257 cm³/mol. The molecule has 2 aromatic heterocycles. The molecule has 0 radical (unpaired) electrons. The standard InChI is InChI=1S/C56H36BN5/c1-35-45(39-22-15-23-40(33-39)56-59-54(37-18-5-2-6-19-37)58-55(60-56)38-20-7-3-8-21-38)34-49-52-50(35)43-27-16-28-44-51-42-26-12-11-17-36(42)31-32-48(51)62(53(43)44)57(52)46-29-13-14-30-47(46)61(49)41-24-9-4-10-25-41/h2-34H,1H3. The van der Waals surface area contributed by atoms with Crippen LogP contribution in [0.5, 0.6) is 0 Å². The number of para-hydroxylation sites is 3. The third kappa shape index (κ3) is 5.07. The van der Waals surface area contributed by atoms with E-state index in [0.29, 0.717) is 17.5 Å². The molecule has 13 rings (SSSR count). The molecular weight excluding hydrogens is 753 g/mol. The number of anilines is 3. The van der Waals surface area contributed by atoms with Gasteiger partial charge in [0.15, 0.2) is 17.5 Å². The highest BCUT2D eigenvalue weighted by molar-refractivity contribution is 6.90. The van der Waals surface area contributed by atoms with Gasteiger partial charge in [0.25, 0.3) is 0 Å². The third-order valence-electron chi connectivity index (χ3n) is 13.0. The summed E-state index contributed by atoms with van der Waals surface area (Å²) in [5.74, 6) is 1.93. The Hall–Kier alpha value is -8.09. The van der Waals surface area contributed by atoms with E-state index in [9.17, 15) is 0 Å². The first-order chi connectivity index (χ1) is 30.7. The van der Waals surface area contributed by atoms with Crippen molar-refractivity contribution in [2.75, 3.05) is 4.90 Å². The summed E-state index contributed by atoms with van der Waals surface area (Å²) in [6, 6.07) is 71.7. The molecule has 0 amide bonds. The quantitative estimate of drug-likeness (QED) is 0.163. The van der Waals surface area contributed by atoms with Crippen LogP contribution in [0.25, 0.3) is 89.0 Å². The number of hydrogen-bond donors (Lipinski definition) is 0. The van der Waals surface area contributed by atoms with E-state index in [1.807, 2.05) is 36.4 Å². The molecule has 0 spiro atoms. The second-order valence-electron chi connectivity index (χ2n) is 16.4. The number of hydrogen-bond acceptors (Lipinski definition) is 4. The van der Waals surface area contributed by atoms with E-state index in [1.165, 1.54) is 77.1 Å². The van der Waals surface area contributed by atoms with Gasteiger partial charge in [0.05, 0.1) is 0 Å². The second-order valence-corrected chi connectivity index (χ2v) is 16.4. The first-order valence-electron chi connectivity index (χ1n) is 21.2. The molecule has 11 aromatic rings. The molecule has 0 N–H and O–H groups in total. The minimum Gasteiger partial charge on any atom is -0.375 e. The minimum atomic E-state index is -0.0376. The maximum absolute atomic E-state index is 5.12. The SMILES string of the molecule is Cc1c(-c2cccc(-c3nc(-c4ccccc4)nc(-c4ccccc4)n3)c2)cc2c3c1-c1cccc4c5c6ccccc6ccc5n(c14)B3c1ccccc1N2c1ccccc1. The molecule has 9 aromatic carbocycles. The van der Waals surface area contributed by atoms with Crippen molar-refractivity contribution < 1.29 is 0 Å². The van der Waals surface area contributed by atoms with Crippen LogP contribution in [-0.2, 0) is 0 Å². The summed E-state index contributed by atoms with van der Waals surface area (Å²) in [6.07, 6.45) is 0. The van der Waals surface area contributed by atoms with E-state index < -0.39 is 0 Å². The molecule has 6 heteroatoms. The predicted octanol–water partition coefficient (Wildman–Crippen LogP) is 12.5. The molecular formula is C56H36BN5. The molecule has 288 valence electrons. The normalized spacial score (nSPS) is 12.5. The molecule has 5 nitrogen and oxygen atoms in total. The van der Waals surface area contributed by atoms with Crippen LogP contribution in [0.15, 0.2) is 200 Å². The lowest BCUT2D eigenvalue weighted by Crippen LogP contribution is -2.56. The molecule has 0 unspecified atom stereocenters. The van der Waals surface area contributed by atoms with Crippen molar-refractivity contribution in [1.82, 2.24) is 19.4 Å². The van der Waals surface area contributed by atoms with Gasteiger partial charge >= 0.3 is 6.85 Å². The number of nitrogens with zero attached hydrogens (tertiary/aromatic N) is 5. The highest BCUT2D eigenvalue weighted by atomic mass is 15.2. The summed E-state index contributed by atoms with van der Waals surface area (Å²) in [4.78, 5) is 17.7. The molecule has 0 fully saturated rings. The smallest absolute Gasteiger partial charge is 0.333 e. The van der Waals surface area contributed by atoms with Gasteiger partial charge in [-0.2, -0.15) is 0 Å². The summed E-state index contributed by atoms with van der Waals surface area (Å²) in [5.41, 5.74) is 17.6. The van der Waals surface area contributed by atoms with Crippen LogP contribution in [0.2, 0.25) is 0 Å². The van der Waals surface area contributed by atoms with Crippen molar-refractivity contribution in [3.63, 3.8) is 0 Å². The lowest BCUT2D eigenvalue weighted by Gasteiger charge is -2.41. The van der Waals surface area contributed by atoms with Crippen LogP contribution in [0, 0.1) is 6.92 Å². The van der Waals surface area contributed by atoms with Gasteiger partial charge in [-0.25, -0.2) is 15.0 Å². The van der Waals surface area contributed by atoms with Crippen LogP contribution in [-0.4, -0.2) is 26.3 Å². The topological polar surface area (TPSA) is 46.8 Å². The molecule has 0 aliphatic carbocycles. The van der Waals surface area contributed by atoms with Crippen molar-refractivity contribution in [1.29, 1.82) is 0 Å². The Labute approximate surface area is 359 Å². The fraction of sp³-hybridized carbons (Fsp3) is 0.0179. The number of fused-ring (bicyclic) bond motifs is 9. The highest BCUT2D eigenvalue weighted by Gasteiger charge is 2.43. The molecule has 4 heterocycles. The lowest BCUT2D eigenvalue weighted by atomic mass is 9.44. The summed E-state index contributed by atoms with van der Waals surface area (Å²) < 4.78 is 2.65. The zero-order valence-electron chi connectivity index (χ0n) is 33.9. The van der Waals surface area contributed by atoms with Crippen molar-refractivity contribution in [2.45, 2.75) is 6.92 Å². The molecule has 0 atom stereocenters. The Morgan fingerprint density at radius 1 is 0.452 bits per heavy atom. The summed E-state index contributed by atoms with van der Waals surface area (Å²) >= 11 is 0. The lowest BCUT2D eigenvalue weighted by molar-refractivity contribution is 1.07. The van der Waals surface area contributed by atoms with Gasteiger partial charge in [0.1, 0.15) is 0 Å². The van der Waals surface area contributed by atoms with Gasteiger partial charge in [0, 0.05) is 61.1 Å². The van der Waals surface area contributed by atoms with Gasteiger partial charge < -0.3 is 9.38 Å². The van der Waals surface area contributed by atoms with Gasteiger partial charge in [-0.3, -0.25) is 0 Å². The Morgan fingerprint density at radius 2 is 1.05 bits per heavy atom. The van der Waals surface area contributed by atoms with Gasteiger partial charge in [0.2, 0.25) is 0 Å². The average Bonchev–Trinajstić information content (AvgIpc) is 3.69. The van der Waals surface area contributed by atoms with Gasteiger partial charge in [-0.15, -0.1) is 0 Å². The Kier molecular flexibility index (Phi) is 7.55. The van der Waals surface area contributed by atoms with Crippen LogP contribution in [0.3, 0.4) is 0 Å². The monoisotopic (exact) mass is 789 g/mol. The van der Waals surface area contributed by atoms with E-state index in [1.54, 1.807) is 0 Å². The Balaban J connectivity index is 1.09. The molecule has 2 aliphatic rings. The van der Waals surface area contributed by atoms with E-state index in [-0.39, 0.29) is 6.85 Å². The van der Waals surface area contributed by atoms with Crippen LogP contribution in [0.1, 0.15) is 5.56 Å². The molecule has 62 heavy (non-hydrogen) atoms. The first-order valence-corrected chi connectivity index (χ1v) is 21.2. The van der Waals surface area contributed by atoms with E-state index in [4.69, 9.17) is 15.0 Å². The van der Waals surface area contributed by atoms with Crippen LogP contribution >= 0.6 is 0 Å². The number of aromatic nitrogens is 4. The molecule has 0 bridgehead atoms. The van der Waals surface area contributed by atoms with E-state index >= 15 is 0 Å².